The summed E-state index contributed by atoms with van der Waals surface area (Å²) >= 11 is 0. The van der Waals surface area contributed by atoms with Crippen LogP contribution >= 0.6 is 0 Å². The molecule has 0 radical (unpaired) electrons. The molecule has 0 spiro atoms. The van der Waals surface area contributed by atoms with Crippen LogP contribution in [0.25, 0.3) is 0 Å². The van der Waals surface area contributed by atoms with Crippen molar-refractivity contribution in [1.82, 2.24) is 4.72 Å². The largest absolute Gasteiger partial charge is 0.412 e. The molecule has 0 atom stereocenters. The van der Waals surface area contributed by atoms with E-state index in [-0.39, 0.29) is 0 Å². The summed E-state index contributed by atoms with van der Waals surface area (Å²) in [5, 5.41) is 0. The minimum Gasteiger partial charge on any atom is -0.412 e. The quantitative estimate of drug-likeness (QED) is 0.331. The fourth-order valence-electron chi connectivity index (χ4n) is 0.797. The van der Waals surface area contributed by atoms with E-state index in [1.807, 2.05) is 0 Å². The first-order valence-corrected chi connectivity index (χ1v) is 3.81. The van der Waals surface area contributed by atoms with E-state index in [2.05, 4.69) is 42.7 Å². The highest BCUT2D eigenvalue weighted by molar-refractivity contribution is 7.48. The minimum atomic E-state index is 0.681. The molecule has 0 bridgehead atoms. The summed E-state index contributed by atoms with van der Waals surface area (Å²) in [6.45, 7) is 1.41. The summed E-state index contributed by atoms with van der Waals surface area (Å²) in [7, 11) is 12.4. The molecule has 0 saturated carbocycles. The highest BCUT2D eigenvalue weighted by atomic mass is 14.9. The molecular weight excluding hydrogens is 102 g/mol. The topological polar surface area (TPSA) is 3.24 Å². The highest BCUT2D eigenvalue weighted by Crippen LogP contribution is 1.82. The van der Waals surface area contributed by atoms with Crippen LogP contribution in [0.15, 0.2) is 0 Å². The molecule has 0 aromatic heterocycles. The third-order valence-corrected chi connectivity index (χ3v) is 2.10. The number of rotatable bonds is 3. The lowest BCUT2D eigenvalue weighted by Crippen LogP contribution is -2.52. The fourth-order valence-corrected chi connectivity index (χ4v) is 0.797. The third kappa shape index (κ3) is 3.19. The molecule has 0 aliphatic heterocycles. The number of hydrogen-bond acceptors (Lipinski definition) is 1. The molecule has 0 fully saturated rings. The van der Waals surface area contributed by atoms with Gasteiger partial charge in [-0.1, -0.05) is 0 Å². The van der Waals surface area contributed by atoms with Crippen molar-refractivity contribution in [2.24, 2.45) is 0 Å². The van der Waals surface area contributed by atoms with Crippen LogP contribution in [0, 0.1) is 0 Å². The van der Waals surface area contributed by atoms with E-state index in [1.54, 1.807) is 0 Å². The summed E-state index contributed by atoms with van der Waals surface area (Å²) < 4.78 is 2.39. The average molecular weight is 114 g/mol. The van der Waals surface area contributed by atoms with Crippen molar-refractivity contribution >= 4 is 51.3 Å². The van der Waals surface area contributed by atoms with Crippen LogP contribution in [0.3, 0.4) is 0 Å². The van der Waals surface area contributed by atoms with Gasteiger partial charge in [0.1, 0.15) is 13.3 Å². The number of nitrogens with zero attached hydrogens (tertiary/aromatic N) is 1. The van der Waals surface area contributed by atoms with Crippen LogP contribution in [0.1, 0.15) is 0 Å². The zero-order valence-electron chi connectivity index (χ0n) is 7.31. The van der Waals surface area contributed by atoms with E-state index >= 15 is 0 Å². The predicted octanol–water partition coefficient (Wildman–Crippen LogP) is -5.23. The first kappa shape index (κ1) is 9.41. The first-order chi connectivity index (χ1) is 4.09. The summed E-state index contributed by atoms with van der Waals surface area (Å²) in [4.78, 5) is 0. The average Bonchev–Trinajstić information content (AvgIpc) is 1.84. The monoisotopic (exact) mass is 115 g/mol. The maximum absolute atomic E-state index is 2.39. The van der Waals surface area contributed by atoms with Crippen molar-refractivity contribution in [3.8, 4) is 0 Å². The van der Waals surface area contributed by atoms with Crippen molar-refractivity contribution in [2.75, 3.05) is 7.05 Å². The van der Waals surface area contributed by atoms with Crippen molar-refractivity contribution in [3.63, 3.8) is 0 Å². The molecule has 0 N–H and O–H groups in total. The highest BCUT2D eigenvalue weighted by Gasteiger charge is 2.14. The Morgan fingerprint density at radius 1 is 1.33 bits per heavy atom. The summed E-state index contributed by atoms with van der Waals surface area (Å²) in [6.07, 6.45) is 0. The molecule has 0 aliphatic rings. The molecular formula is CH12B7N. The molecule has 0 rings (SSSR count). The van der Waals surface area contributed by atoms with Gasteiger partial charge in [-0.3, -0.25) is 0 Å². The van der Waals surface area contributed by atoms with Crippen LogP contribution in [-0.4, -0.2) is 63.0 Å². The smallest absolute Gasteiger partial charge is 0.124 e. The van der Waals surface area contributed by atoms with Crippen molar-refractivity contribution in [3.05, 3.63) is 0 Å². The summed E-state index contributed by atoms with van der Waals surface area (Å²) in [5.74, 6) is 0. The Morgan fingerprint density at radius 3 is 1.89 bits per heavy atom. The lowest BCUT2D eigenvalue weighted by atomic mass is 9.06. The van der Waals surface area contributed by atoms with E-state index in [4.69, 9.17) is 0 Å². The second kappa shape index (κ2) is 4.27. The SMILES string of the molecule is BBB(B)N(C)B(B)B. The van der Waals surface area contributed by atoms with E-state index < -0.39 is 0 Å². The van der Waals surface area contributed by atoms with Gasteiger partial charge in [-0.05, 0) is 7.05 Å². The molecule has 42 valence electrons. The van der Waals surface area contributed by atoms with Gasteiger partial charge in [0, 0.05) is 0 Å². The van der Waals surface area contributed by atoms with Gasteiger partial charge in [0.2, 0.25) is 0 Å². The van der Waals surface area contributed by atoms with Crippen LogP contribution in [0.2, 0.25) is 0 Å². The van der Waals surface area contributed by atoms with Gasteiger partial charge in [0.15, 0.2) is 0 Å². The van der Waals surface area contributed by atoms with Gasteiger partial charge in [-0.25, -0.2) is 0 Å². The standard InChI is InChI=1S/CH12B7N/c1-9(7(3)4)8(5)6-2/h6H,2-5H2,1H3. The van der Waals surface area contributed by atoms with E-state index in [9.17, 15) is 0 Å². The normalized spacial score (nSPS) is 9.11. The van der Waals surface area contributed by atoms with Gasteiger partial charge in [-0.2, -0.15) is 0 Å². The molecule has 8 heteroatoms. The molecule has 0 unspecified atom stereocenters. The van der Waals surface area contributed by atoms with Gasteiger partial charge < -0.3 is 4.72 Å². The zero-order chi connectivity index (χ0) is 7.44. The van der Waals surface area contributed by atoms with Crippen LogP contribution in [-0.2, 0) is 0 Å². The molecule has 0 heterocycles. The molecule has 0 aromatic carbocycles. The minimum absolute atomic E-state index is 0.681. The fraction of sp³-hybridized carbons (Fsp3) is 1.00. The van der Waals surface area contributed by atoms with Gasteiger partial charge >= 0.3 is 0 Å². The molecule has 0 aliphatic carbocycles. The van der Waals surface area contributed by atoms with E-state index in [1.165, 1.54) is 7.06 Å². The van der Waals surface area contributed by atoms with Crippen LogP contribution in [0.5, 0.6) is 0 Å². The number of hydrogen-bond donors (Lipinski definition) is 0. The Morgan fingerprint density at radius 2 is 1.78 bits per heavy atom. The van der Waals surface area contributed by atoms with Gasteiger partial charge in [0.25, 0.3) is 0 Å². The Labute approximate surface area is 63.7 Å². The zero-order valence-corrected chi connectivity index (χ0v) is 7.31. The van der Waals surface area contributed by atoms with E-state index in [0.717, 1.165) is 6.63 Å². The summed E-state index contributed by atoms with van der Waals surface area (Å²) in [5.41, 5.74) is 0. The molecule has 0 saturated heterocycles. The van der Waals surface area contributed by atoms with Gasteiger partial charge in [0.05, 0.1) is 38.0 Å². The Balaban J connectivity index is 3.58. The van der Waals surface area contributed by atoms with E-state index in [0.29, 0.717) is 6.63 Å². The molecule has 0 amide bonds. The van der Waals surface area contributed by atoms with Crippen LogP contribution in [0.4, 0.5) is 0 Å². The predicted molar refractivity (Wildman–Crippen MR) is 60.6 cm³/mol. The van der Waals surface area contributed by atoms with Gasteiger partial charge in [-0.15, -0.1) is 0 Å². The maximum atomic E-state index is 2.39. The van der Waals surface area contributed by atoms with Crippen molar-refractivity contribution in [2.45, 2.75) is 0 Å². The Bertz CT molecular complexity index is 73.3. The molecule has 0 aromatic rings. The summed E-state index contributed by atoms with van der Waals surface area (Å²) in [6, 6.07) is 0. The van der Waals surface area contributed by atoms with Crippen LogP contribution < -0.4 is 0 Å². The first-order valence-electron chi connectivity index (χ1n) is 3.81. The maximum Gasteiger partial charge on any atom is 0.124 e. The third-order valence-electron chi connectivity index (χ3n) is 2.10. The second-order valence-electron chi connectivity index (χ2n) is 3.02. The lowest BCUT2D eigenvalue weighted by molar-refractivity contribution is 0.864. The molecule has 9 heavy (non-hydrogen) atoms. The molecule has 1 nitrogen and oxygen atoms in total. The Kier molecular flexibility index (Phi) is 4.46. The Hall–Kier alpha value is 0.415. The van der Waals surface area contributed by atoms with Crippen molar-refractivity contribution < 1.29 is 0 Å². The lowest BCUT2D eigenvalue weighted by Gasteiger charge is -2.24. The second-order valence-corrected chi connectivity index (χ2v) is 3.02. The van der Waals surface area contributed by atoms with Crippen molar-refractivity contribution in [1.29, 1.82) is 0 Å².